The van der Waals surface area contributed by atoms with E-state index >= 15 is 0 Å². The van der Waals surface area contributed by atoms with Crippen LogP contribution < -0.4 is 16.4 Å². The van der Waals surface area contributed by atoms with E-state index < -0.39 is 5.76 Å². The van der Waals surface area contributed by atoms with Crippen LogP contribution in [-0.4, -0.2) is 29.5 Å². The Hall–Kier alpha value is -2.57. The molecule has 2 rings (SSSR count). The van der Waals surface area contributed by atoms with Crippen LogP contribution in [0.5, 0.6) is 0 Å². The summed E-state index contributed by atoms with van der Waals surface area (Å²) < 4.78 is 6.49. The molecule has 118 valence electrons. The SMILES string of the molecule is CC(=O)NCCNC(=O)CCc1ccc2oc(=O)n(C)c2c1. The van der Waals surface area contributed by atoms with E-state index in [1.165, 1.54) is 11.5 Å². The van der Waals surface area contributed by atoms with Crippen LogP contribution in [0.15, 0.2) is 27.4 Å². The van der Waals surface area contributed by atoms with Crippen LogP contribution in [0.4, 0.5) is 0 Å². The Morgan fingerprint density at radius 3 is 2.68 bits per heavy atom. The summed E-state index contributed by atoms with van der Waals surface area (Å²) >= 11 is 0. The molecule has 0 spiro atoms. The first-order chi connectivity index (χ1) is 10.5. The third-order valence-electron chi connectivity index (χ3n) is 3.32. The molecule has 0 aliphatic heterocycles. The summed E-state index contributed by atoms with van der Waals surface area (Å²) in [5.41, 5.74) is 2.21. The summed E-state index contributed by atoms with van der Waals surface area (Å²) in [7, 11) is 1.65. The predicted octanol–water partition coefficient (Wildman–Crippen LogP) is 0.316. The first-order valence-electron chi connectivity index (χ1n) is 7.07. The summed E-state index contributed by atoms with van der Waals surface area (Å²) in [5, 5.41) is 5.34. The minimum atomic E-state index is -0.400. The second-order valence-corrected chi connectivity index (χ2v) is 5.06. The molecule has 0 atom stereocenters. The second kappa shape index (κ2) is 6.93. The van der Waals surface area contributed by atoms with Crippen molar-refractivity contribution in [2.24, 2.45) is 7.05 Å². The van der Waals surface area contributed by atoms with Crippen LogP contribution in [0.25, 0.3) is 11.1 Å². The minimum Gasteiger partial charge on any atom is -0.408 e. The van der Waals surface area contributed by atoms with Crippen molar-refractivity contribution in [2.75, 3.05) is 13.1 Å². The lowest BCUT2D eigenvalue weighted by Gasteiger charge is -2.06. The van der Waals surface area contributed by atoms with Crippen molar-refractivity contribution in [3.63, 3.8) is 0 Å². The van der Waals surface area contributed by atoms with Crippen molar-refractivity contribution in [3.05, 3.63) is 34.3 Å². The molecule has 0 unspecified atom stereocenters. The Bertz CT molecular complexity index is 745. The fraction of sp³-hybridized carbons (Fsp3) is 0.400. The van der Waals surface area contributed by atoms with Crippen LogP contribution in [0.3, 0.4) is 0 Å². The molecule has 1 aromatic heterocycles. The average molecular weight is 305 g/mol. The lowest BCUT2D eigenvalue weighted by molar-refractivity contribution is -0.122. The third kappa shape index (κ3) is 3.97. The van der Waals surface area contributed by atoms with Gasteiger partial charge in [-0.2, -0.15) is 0 Å². The van der Waals surface area contributed by atoms with Crippen LogP contribution in [0, 0.1) is 0 Å². The van der Waals surface area contributed by atoms with Gasteiger partial charge in [0.1, 0.15) is 0 Å². The van der Waals surface area contributed by atoms with E-state index in [0.717, 1.165) is 5.56 Å². The topological polar surface area (TPSA) is 93.3 Å². The summed E-state index contributed by atoms with van der Waals surface area (Å²) in [5.74, 6) is -0.595. The number of amides is 2. The van der Waals surface area contributed by atoms with Crippen LogP contribution in [0.2, 0.25) is 0 Å². The van der Waals surface area contributed by atoms with E-state index in [0.29, 0.717) is 37.0 Å². The number of benzene rings is 1. The van der Waals surface area contributed by atoms with Crippen LogP contribution in [0.1, 0.15) is 18.9 Å². The highest BCUT2D eigenvalue weighted by Crippen LogP contribution is 2.15. The molecule has 22 heavy (non-hydrogen) atoms. The first-order valence-corrected chi connectivity index (χ1v) is 7.07. The van der Waals surface area contributed by atoms with Gasteiger partial charge in [-0.3, -0.25) is 14.2 Å². The van der Waals surface area contributed by atoms with Crippen molar-refractivity contribution in [1.82, 2.24) is 15.2 Å². The number of rotatable bonds is 6. The average Bonchev–Trinajstić information content (AvgIpc) is 2.76. The predicted molar refractivity (Wildman–Crippen MR) is 81.5 cm³/mol. The number of aryl methyl sites for hydroxylation is 2. The van der Waals surface area contributed by atoms with E-state index in [9.17, 15) is 14.4 Å². The zero-order valence-corrected chi connectivity index (χ0v) is 12.6. The number of nitrogens with one attached hydrogen (secondary N) is 2. The van der Waals surface area contributed by atoms with Gasteiger partial charge in [0.25, 0.3) is 0 Å². The van der Waals surface area contributed by atoms with Crippen LogP contribution >= 0.6 is 0 Å². The Balaban J connectivity index is 1.86. The Morgan fingerprint density at radius 1 is 1.23 bits per heavy atom. The normalized spacial score (nSPS) is 10.6. The van der Waals surface area contributed by atoms with Crippen molar-refractivity contribution >= 4 is 22.9 Å². The molecule has 1 aromatic carbocycles. The maximum absolute atomic E-state index is 11.7. The van der Waals surface area contributed by atoms with Crippen molar-refractivity contribution < 1.29 is 14.0 Å². The molecular formula is C15H19N3O4. The molecule has 0 radical (unpaired) electrons. The second-order valence-electron chi connectivity index (χ2n) is 5.06. The summed E-state index contributed by atoms with van der Waals surface area (Å²) in [6.07, 6.45) is 0.915. The van der Waals surface area contributed by atoms with Gasteiger partial charge in [0, 0.05) is 33.5 Å². The molecule has 0 aliphatic carbocycles. The largest absolute Gasteiger partial charge is 0.419 e. The number of oxazole rings is 1. The zero-order valence-electron chi connectivity index (χ0n) is 12.6. The summed E-state index contributed by atoms with van der Waals surface area (Å²) in [6.45, 7) is 2.26. The smallest absolute Gasteiger partial charge is 0.408 e. The van der Waals surface area contributed by atoms with Crippen molar-refractivity contribution in [3.8, 4) is 0 Å². The number of fused-ring (bicyclic) bond motifs is 1. The Kier molecular flexibility index (Phi) is 4.98. The molecular weight excluding hydrogens is 286 g/mol. The minimum absolute atomic E-state index is 0.0773. The van der Waals surface area contributed by atoms with Gasteiger partial charge < -0.3 is 15.1 Å². The van der Waals surface area contributed by atoms with Gasteiger partial charge in [0.15, 0.2) is 5.58 Å². The number of carbonyl (C=O) groups excluding carboxylic acids is 2. The first kappa shape index (κ1) is 15.8. The lowest BCUT2D eigenvalue weighted by Crippen LogP contribution is -2.33. The van der Waals surface area contributed by atoms with Crippen molar-refractivity contribution in [2.45, 2.75) is 19.8 Å². The Morgan fingerprint density at radius 2 is 1.95 bits per heavy atom. The maximum Gasteiger partial charge on any atom is 0.419 e. The van der Waals surface area contributed by atoms with Gasteiger partial charge in [-0.1, -0.05) is 6.07 Å². The molecule has 2 N–H and O–H groups in total. The molecule has 2 aromatic rings. The van der Waals surface area contributed by atoms with Gasteiger partial charge in [-0.25, -0.2) is 4.79 Å². The van der Waals surface area contributed by atoms with Gasteiger partial charge in [0.2, 0.25) is 11.8 Å². The zero-order chi connectivity index (χ0) is 16.1. The fourth-order valence-electron chi connectivity index (χ4n) is 2.11. The molecule has 0 aliphatic rings. The molecule has 2 amide bonds. The van der Waals surface area contributed by atoms with E-state index in [2.05, 4.69) is 10.6 Å². The highest BCUT2D eigenvalue weighted by molar-refractivity contribution is 5.77. The standard InChI is InChI=1S/C15H19N3O4/c1-10(19)16-7-8-17-14(20)6-4-11-3-5-13-12(9-11)18(2)15(21)22-13/h3,5,9H,4,6-8H2,1-2H3,(H,16,19)(H,17,20). The quantitative estimate of drug-likeness (QED) is 0.751. The van der Waals surface area contributed by atoms with Gasteiger partial charge in [0.05, 0.1) is 5.52 Å². The van der Waals surface area contributed by atoms with Gasteiger partial charge >= 0.3 is 5.76 Å². The third-order valence-corrected chi connectivity index (χ3v) is 3.32. The fourth-order valence-corrected chi connectivity index (χ4v) is 2.11. The lowest BCUT2D eigenvalue weighted by atomic mass is 10.1. The number of nitrogens with zero attached hydrogens (tertiary/aromatic N) is 1. The summed E-state index contributed by atoms with van der Waals surface area (Å²) in [6, 6.07) is 5.43. The molecule has 0 saturated heterocycles. The highest BCUT2D eigenvalue weighted by Gasteiger charge is 2.07. The number of hydrogen-bond acceptors (Lipinski definition) is 4. The van der Waals surface area contributed by atoms with Gasteiger partial charge in [-0.05, 0) is 24.1 Å². The molecule has 7 nitrogen and oxygen atoms in total. The number of aromatic nitrogens is 1. The monoisotopic (exact) mass is 305 g/mol. The van der Waals surface area contributed by atoms with Crippen molar-refractivity contribution in [1.29, 1.82) is 0 Å². The van der Waals surface area contributed by atoms with E-state index in [1.54, 1.807) is 13.1 Å². The molecule has 1 heterocycles. The van der Waals surface area contributed by atoms with E-state index in [-0.39, 0.29) is 11.8 Å². The number of carbonyl (C=O) groups is 2. The molecule has 0 saturated carbocycles. The molecule has 0 fully saturated rings. The van der Waals surface area contributed by atoms with Gasteiger partial charge in [-0.15, -0.1) is 0 Å². The maximum atomic E-state index is 11.7. The Labute approximate surface area is 127 Å². The molecule has 0 bridgehead atoms. The molecule has 7 heteroatoms. The van der Waals surface area contributed by atoms with E-state index in [4.69, 9.17) is 4.42 Å². The van der Waals surface area contributed by atoms with Crippen LogP contribution in [-0.2, 0) is 23.1 Å². The van der Waals surface area contributed by atoms with E-state index in [1.807, 2.05) is 12.1 Å². The number of hydrogen-bond donors (Lipinski definition) is 2. The highest BCUT2D eigenvalue weighted by atomic mass is 16.4. The summed E-state index contributed by atoms with van der Waals surface area (Å²) in [4.78, 5) is 33.8.